The molecule has 0 fully saturated rings. The molecule has 5 heteroatoms. The van der Waals surface area contributed by atoms with Crippen molar-refractivity contribution in [3.63, 3.8) is 0 Å². The first-order valence-corrected chi connectivity index (χ1v) is 5.84. The fraction of sp³-hybridized carbons (Fsp3) is 0.231. The van der Waals surface area contributed by atoms with Gasteiger partial charge in [-0.25, -0.2) is 9.97 Å². The highest BCUT2D eigenvalue weighted by atomic mass is 16.5. The van der Waals surface area contributed by atoms with Gasteiger partial charge in [-0.05, 0) is 11.6 Å². The van der Waals surface area contributed by atoms with E-state index in [-0.39, 0.29) is 6.10 Å². The number of nitrogens with zero attached hydrogens (tertiary/aromatic N) is 2. The van der Waals surface area contributed by atoms with Crippen LogP contribution in [0.1, 0.15) is 23.1 Å². The Morgan fingerprint density at radius 2 is 2.17 bits per heavy atom. The van der Waals surface area contributed by atoms with Crippen LogP contribution < -0.4 is 16.2 Å². The lowest BCUT2D eigenvalue weighted by Crippen LogP contribution is -2.12. The van der Waals surface area contributed by atoms with Gasteiger partial charge in [0.1, 0.15) is 11.6 Å². The molecule has 0 spiro atoms. The van der Waals surface area contributed by atoms with Gasteiger partial charge in [-0.1, -0.05) is 18.2 Å². The number of nitrogens with two attached hydrogens (primary N) is 2. The molecule has 4 N–H and O–H groups in total. The molecule has 0 amide bonds. The van der Waals surface area contributed by atoms with Crippen molar-refractivity contribution in [3.05, 3.63) is 47.4 Å². The minimum atomic E-state index is -0.156. The van der Waals surface area contributed by atoms with Crippen LogP contribution in [0.3, 0.4) is 0 Å². The molecule has 1 atom stereocenters. The van der Waals surface area contributed by atoms with E-state index in [0.29, 0.717) is 18.2 Å². The minimum absolute atomic E-state index is 0.156. The first kappa shape index (κ1) is 11.0. The summed E-state index contributed by atoms with van der Waals surface area (Å²) in [6.45, 7) is 0.345. The average Bonchev–Trinajstić information content (AvgIpc) is 2.82. The second kappa shape index (κ2) is 4.27. The highest BCUT2D eigenvalue weighted by Gasteiger charge is 2.26. The summed E-state index contributed by atoms with van der Waals surface area (Å²) in [6, 6.07) is 7.95. The van der Waals surface area contributed by atoms with Crippen LogP contribution in [0.5, 0.6) is 5.75 Å². The lowest BCUT2D eigenvalue weighted by Gasteiger charge is -2.10. The van der Waals surface area contributed by atoms with E-state index in [1.807, 2.05) is 24.3 Å². The number of rotatable bonds is 2. The first-order chi connectivity index (χ1) is 8.78. The molecular formula is C13H14N4O. The molecule has 0 saturated carbocycles. The van der Waals surface area contributed by atoms with E-state index in [4.69, 9.17) is 16.2 Å². The van der Waals surface area contributed by atoms with Gasteiger partial charge in [0.15, 0.2) is 11.9 Å². The number of hydrogen-bond acceptors (Lipinski definition) is 5. The third-order valence-electron chi connectivity index (χ3n) is 3.07. The van der Waals surface area contributed by atoms with E-state index in [2.05, 4.69) is 9.97 Å². The third kappa shape index (κ3) is 1.78. The molecule has 0 saturated heterocycles. The molecule has 3 rings (SSSR count). The molecule has 1 aromatic heterocycles. The monoisotopic (exact) mass is 242 g/mol. The molecule has 1 aromatic carbocycles. The summed E-state index contributed by atoms with van der Waals surface area (Å²) in [5.41, 5.74) is 13.3. The SMILES string of the molecule is NCc1cnc(C2Cc3ccccc3O2)nc1N. The summed E-state index contributed by atoms with van der Waals surface area (Å²) in [4.78, 5) is 8.55. The number of nitrogen functional groups attached to an aromatic ring is 1. The maximum Gasteiger partial charge on any atom is 0.171 e. The van der Waals surface area contributed by atoms with E-state index in [0.717, 1.165) is 17.7 Å². The van der Waals surface area contributed by atoms with Gasteiger partial charge < -0.3 is 16.2 Å². The molecule has 0 radical (unpaired) electrons. The van der Waals surface area contributed by atoms with Crippen LogP contribution in [0.2, 0.25) is 0 Å². The Labute approximate surface area is 105 Å². The van der Waals surface area contributed by atoms with Gasteiger partial charge in [-0.2, -0.15) is 0 Å². The largest absolute Gasteiger partial charge is 0.482 e. The predicted molar refractivity (Wildman–Crippen MR) is 67.9 cm³/mol. The lowest BCUT2D eigenvalue weighted by molar-refractivity contribution is 0.227. The highest BCUT2D eigenvalue weighted by Crippen LogP contribution is 2.35. The fourth-order valence-electron chi connectivity index (χ4n) is 2.07. The number of aromatic nitrogens is 2. The number of para-hydroxylation sites is 1. The van der Waals surface area contributed by atoms with Crippen molar-refractivity contribution in [2.45, 2.75) is 19.1 Å². The van der Waals surface area contributed by atoms with Crippen LogP contribution in [0, 0.1) is 0 Å². The molecule has 18 heavy (non-hydrogen) atoms. The van der Waals surface area contributed by atoms with E-state index >= 15 is 0 Å². The van der Waals surface area contributed by atoms with Crippen LogP contribution in [-0.2, 0) is 13.0 Å². The smallest absolute Gasteiger partial charge is 0.171 e. The number of benzene rings is 1. The van der Waals surface area contributed by atoms with Crippen molar-refractivity contribution in [2.24, 2.45) is 5.73 Å². The van der Waals surface area contributed by atoms with Crippen molar-refractivity contribution >= 4 is 5.82 Å². The highest BCUT2D eigenvalue weighted by molar-refractivity contribution is 5.40. The third-order valence-corrected chi connectivity index (χ3v) is 3.07. The molecule has 92 valence electrons. The van der Waals surface area contributed by atoms with Crippen molar-refractivity contribution < 1.29 is 4.74 Å². The standard InChI is InChI=1S/C13H14N4O/c14-6-9-7-16-13(17-12(9)15)11-5-8-3-1-2-4-10(8)18-11/h1-4,7,11H,5-6,14H2,(H2,15,16,17). The number of anilines is 1. The van der Waals surface area contributed by atoms with Gasteiger partial charge in [0.25, 0.3) is 0 Å². The lowest BCUT2D eigenvalue weighted by atomic mass is 10.1. The van der Waals surface area contributed by atoms with Gasteiger partial charge in [0.05, 0.1) is 0 Å². The van der Waals surface area contributed by atoms with E-state index in [1.54, 1.807) is 6.20 Å². The summed E-state index contributed by atoms with van der Waals surface area (Å²) in [6.07, 6.45) is 2.29. The summed E-state index contributed by atoms with van der Waals surface area (Å²) in [7, 11) is 0. The van der Waals surface area contributed by atoms with Gasteiger partial charge >= 0.3 is 0 Å². The van der Waals surface area contributed by atoms with E-state index in [1.165, 1.54) is 5.56 Å². The number of fused-ring (bicyclic) bond motifs is 1. The van der Waals surface area contributed by atoms with Crippen molar-refractivity contribution in [2.75, 3.05) is 5.73 Å². The topological polar surface area (TPSA) is 87.0 Å². The van der Waals surface area contributed by atoms with Crippen LogP contribution in [0.4, 0.5) is 5.82 Å². The Morgan fingerprint density at radius 3 is 2.89 bits per heavy atom. The zero-order chi connectivity index (χ0) is 12.5. The van der Waals surface area contributed by atoms with Gasteiger partial charge in [0.2, 0.25) is 0 Å². The molecule has 2 aromatic rings. The second-order valence-electron chi connectivity index (χ2n) is 4.26. The molecule has 1 aliphatic rings. The maximum absolute atomic E-state index is 5.82. The van der Waals surface area contributed by atoms with Gasteiger partial charge in [-0.15, -0.1) is 0 Å². The maximum atomic E-state index is 5.82. The number of ether oxygens (including phenoxy) is 1. The van der Waals surface area contributed by atoms with E-state index < -0.39 is 0 Å². The number of hydrogen-bond donors (Lipinski definition) is 2. The van der Waals surface area contributed by atoms with Gasteiger partial charge in [0, 0.05) is 24.7 Å². The summed E-state index contributed by atoms with van der Waals surface area (Å²) in [5, 5.41) is 0. The summed E-state index contributed by atoms with van der Waals surface area (Å²) in [5.74, 6) is 1.94. The van der Waals surface area contributed by atoms with Crippen molar-refractivity contribution in [1.82, 2.24) is 9.97 Å². The Bertz CT molecular complexity index is 560. The Hall–Kier alpha value is -2.14. The van der Waals surface area contributed by atoms with Crippen LogP contribution in [-0.4, -0.2) is 9.97 Å². The molecule has 0 aliphatic carbocycles. The Morgan fingerprint density at radius 1 is 1.33 bits per heavy atom. The summed E-state index contributed by atoms with van der Waals surface area (Å²) >= 11 is 0. The van der Waals surface area contributed by atoms with Crippen LogP contribution in [0.25, 0.3) is 0 Å². The van der Waals surface area contributed by atoms with Gasteiger partial charge in [-0.3, -0.25) is 0 Å². The molecule has 5 nitrogen and oxygen atoms in total. The predicted octanol–water partition coefficient (Wildman–Crippen LogP) is 1.19. The molecule has 1 aliphatic heterocycles. The van der Waals surface area contributed by atoms with Crippen molar-refractivity contribution in [3.8, 4) is 5.75 Å². The average molecular weight is 242 g/mol. The molecule has 0 bridgehead atoms. The summed E-state index contributed by atoms with van der Waals surface area (Å²) < 4.78 is 5.81. The first-order valence-electron chi connectivity index (χ1n) is 5.84. The fourth-order valence-corrected chi connectivity index (χ4v) is 2.07. The Balaban J connectivity index is 1.88. The van der Waals surface area contributed by atoms with Crippen LogP contribution in [0.15, 0.2) is 30.5 Å². The second-order valence-corrected chi connectivity index (χ2v) is 4.26. The molecule has 2 heterocycles. The normalized spacial score (nSPS) is 17.3. The zero-order valence-corrected chi connectivity index (χ0v) is 9.84. The molecular weight excluding hydrogens is 228 g/mol. The quantitative estimate of drug-likeness (QED) is 0.826. The Kier molecular flexibility index (Phi) is 2.60. The van der Waals surface area contributed by atoms with Crippen molar-refractivity contribution in [1.29, 1.82) is 0 Å². The minimum Gasteiger partial charge on any atom is -0.482 e. The van der Waals surface area contributed by atoms with Crippen LogP contribution >= 0.6 is 0 Å². The molecule has 1 unspecified atom stereocenters. The zero-order valence-electron chi connectivity index (χ0n) is 9.84. The van der Waals surface area contributed by atoms with E-state index in [9.17, 15) is 0 Å².